The maximum Gasteiger partial charge on any atom is 0.229 e. The number of nitrogens with one attached hydrogen (secondary N) is 2. The largest absolute Gasteiger partial charge is 0.373 e. The Morgan fingerprint density at radius 1 is 0.972 bits per heavy atom. The number of carbonyl (C=O) groups excluding carboxylic acids is 1. The highest BCUT2D eigenvalue weighted by Crippen LogP contribution is 2.44. The van der Waals surface area contributed by atoms with Gasteiger partial charge < -0.3 is 15.7 Å². The SMILES string of the molecule is O=C(Cc1ccccc1)Nc1ccc(CC2CC(c3nnc(NC(O)Cc4ccccn4)s3)C2)nn1. The number of nitrogens with zero attached hydrogens (tertiary/aromatic N) is 5. The van der Waals surface area contributed by atoms with E-state index in [1.807, 2.05) is 54.6 Å². The molecule has 1 saturated carbocycles. The maximum absolute atomic E-state index is 12.2. The fraction of sp³-hybridized carbons (Fsp3) is 0.308. The number of pyridine rings is 1. The van der Waals surface area contributed by atoms with Gasteiger partial charge in [-0.25, -0.2) is 0 Å². The first-order valence-electron chi connectivity index (χ1n) is 11.9. The molecule has 0 bridgehead atoms. The molecule has 1 amide bonds. The number of aliphatic hydroxyl groups excluding tert-OH is 1. The van der Waals surface area contributed by atoms with Crippen LogP contribution in [-0.4, -0.2) is 42.6 Å². The van der Waals surface area contributed by atoms with Crippen LogP contribution >= 0.6 is 11.3 Å². The Kier molecular flexibility index (Phi) is 7.53. The van der Waals surface area contributed by atoms with Crippen LogP contribution < -0.4 is 10.6 Å². The molecule has 3 heterocycles. The lowest BCUT2D eigenvalue weighted by molar-refractivity contribution is -0.115. The summed E-state index contributed by atoms with van der Waals surface area (Å²) in [7, 11) is 0. The molecule has 3 N–H and O–H groups in total. The molecule has 1 fully saturated rings. The van der Waals surface area contributed by atoms with Crippen molar-refractivity contribution in [3.63, 3.8) is 0 Å². The molecule has 1 aromatic carbocycles. The number of rotatable bonds is 10. The first-order valence-corrected chi connectivity index (χ1v) is 12.8. The maximum atomic E-state index is 12.2. The molecular weight excluding hydrogens is 474 g/mol. The summed E-state index contributed by atoms with van der Waals surface area (Å²) >= 11 is 1.49. The van der Waals surface area contributed by atoms with Crippen molar-refractivity contribution in [2.45, 2.75) is 44.2 Å². The van der Waals surface area contributed by atoms with Gasteiger partial charge in [0.25, 0.3) is 0 Å². The first kappa shape index (κ1) is 24.0. The van der Waals surface area contributed by atoms with E-state index in [0.29, 0.717) is 35.6 Å². The third-order valence-electron chi connectivity index (χ3n) is 6.14. The van der Waals surface area contributed by atoms with Crippen LogP contribution in [0.25, 0.3) is 0 Å². The molecule has 9 nitrogen and oxygen atoms in total. The van der Waals surface area contributed by atoms with Gasteiger partial charge in [0, 0.05) is 24.2 Å². The van der Waals surface area contributed by atoms with Crippen LogP contribution in [0.15, 0.2) is 66.9 Å². The number of hydrogen-bond donors (Lipinski definition) is 3. The zero-order valence-electron chi connectivity index (χ0n) is 19.6. The van der Waals surface area contributed by atoms with Crippen molar-refractivity contribution in [3.05, 3.63) is 88.8 Å². The Balaban J connectivity index is 1.05. The summed E-state index contributed by atoms with van der Waals surface area (Å²) in [6.07, 6.45) is 4.53. The molecule has 3 aromatic heterocycles. The molecular formula is C26H27N7O2S. The highest BCUT2D eigenvalue weighted by molar-refractivity contribution is 7.15. The third kappa shape index (κ3) is 6.46. The number of hydrogen-bond acceptors (Lipinski definition) is 9. The van der Waals surface area contributed by atoms with Crippen LogP contribution in [0.2, 0.25) is 0 Å². The zero-order chi connectivity index (χ0) is 24.7. The van der Waals surface area contributed by atoms with Crippen molar-refractivity contribution in [2.24, 2.45) is 5.92 Å². The van der Waals surface area contributed by atoms with E-state index < -0.39 is 6.23 Å². The van der Waals surface area contributed by atoms with Gasteiger partial charge in [-0.3, -0.25) is 9.78 Å². The fourth-order valence-electron chi connectivity index (χ4n) is 4.27. The van der Waals surface area contributed by atoms with Crippen molar-refractivity contribution in [1.29, 1.82) is 0 Å². The minimum Gasteiger partial charge on any atom is -0.373 e. The van der Waals surface area contributed by atoms with E-state index in [1.165, 1.54) is 11.3 Å². The molecule has 184 valence electrons. The molecule has 1 unspecified atom stereocenters. The van der Waals surface area contributed by atoms with Gasteiger partial charge in [-0.1, -0.05) is 47.7 Å². The number of aromatic nitrogens is 5. The van der Waals surface area contributed by atoms with Crippen molar-refractivity contribution in [2.75, 3.05) is 10.6 Å². The Hall–Kier alpha value is -3.76. The Morgan fingerprint density at radius 2 is 1.81 bits per heavy atom. The molecule has 0 spiro atoms. The molecule has 1 atom stereocenters. The van der Waals surface area contributed by atoms with Crippen molar-refractivity contribution in [1.82, 2.24) is 25.4 Å². The summed E-state index contributed by atoms with van der Waals surface area (Å²) in [4.78, 5) is 16.4. The van der Waals surface area contributed by atoms with Crippen molar-refractivity contribution < 1.29 is 9.90 Å². The summed E-state index contributed by atoms with van der Waals surface area (Å²) < 4.78 is 0. The van der Waals surface area contributed by atoms with Gasteiger partial charge in [0.1, 0.15) is 11.2 Å². The molecule has 10 heteroatoms. The van der Waals surface area contributed by atoms with Crippen molar-refractivity contribution >= 4 is 28.2 Å². The molecule has 5 rings (SSSR count). The van der Waals surface area contributed by atoms with E-state index in [1.54, 1.807) is 12.3 Å². The Morgan fingerprint density at radius 3 is 2.56 bits per heavy atom. The molecule has 1 aliphatic carbocycles. The van der Waals surface area contributed by atoms with E-state index in [2.05, 4.69) is 36.0 Å². The van der Waals surface area contributed by atoms with E-state index in [4.69, 9.17) is 0 Å². The average molecular weight is 502 g/mol. The lowest BCUT2D eigenvalue weighted by atomic mass is 9.73. The van der Waals surface area contributed by atoms with Crippen LogP contribution in [-0.2, 0) is 24.1 Å². The van der Waals surface area contributed by atoms with Crippen LogP contribution in [0.1, 0.15) is 40.7 Å². The lowest BCUT2D eigenvalue weighted by Crippen LogP contribution is -2.24. The summed E-state index contributed by atoms with van der Waals surface area (Å²) in [6.45, 7) is 0. The fourth-order valence-corrected chi connectivity index (χ4v) is 5.19. The molecule has 4 aromatic rings. The van der Waals surface area contributed by atoms with E-state index >= 15 is 0 Å². The molecule has 0 radical (unpaired) electrons. The van der Waals surface area contributed by atoms with Crippen LogP contribution in [0.5, 0.6) is 0 Å². The predicted octanol–water partition coefficient (Wildman–Crippen LogP) is 3.61. The normalized spacial score (nSPS) is 17.7. The number of benzene rings is 1. The third-order valence-corrected chi connectivity index (χ3v) is 7.15. The van der Waals surface area contributed by atoms with E-state index in [-0.39, 0.29) is 5.91 Å². The second-order valence-electron chi connectivity index (χ2n) is 8.99. The molecule has 1 aliphatic rings. The summed E-state index contributed by atoms with van der Waals surface area (Å²) in [5.41, 5.74) is 2.68. The summed E-state index contributed by atoms with van der Waals surface area (Å²) in [5.74, 6) is 1.24. The van der Waals surface area contributed by atoms with Gasteiger partial charge >= 0.3 is 0 Å². The standard InChI is InChI=1S/C26H27N7O2S/c34-23(15-17-6-2-1-3-7-17)28-22-10-9-21(30-31-22)14-18-12-19(13-18)25-32-33-26(36-25)29-24(35)16-20-8-4-5-11-27-20/h1-11,18-19,24,35H,12-16H2,(H,29,33)(H,28,31,34). The second-order valence-corrected chi connectivity index (χ2v) is 10.00. The zero-order valence-corrected chi connectivity index (χ0v) is 20.4. The molecule has 0 aliphatic heterocycles. The minimum atomic E-state index is -0.764. The van der Waals surface area contributed by atoms with Gasteiger partial charge in [-0.05, 0) is 55.0 Å². The first-order chi connectivity index (χ1) is 17.6. The number of aliphatic hydroxyl groups is 1. The van der Waals surface area contributed by atoms with Gasteiger partial charge in [0.15, 0.2) is 5.82 Å². The van der Waals surface area contributed by atoms with Gasteiger partial charge in [0.2, 0.25) is 11.0 Å². The van der Waals surface area contributed by atoms with Crippen LogP contribution in [0, 0.1) is 5.92 Å². The van der Waals surface area contributed by atoms with Crippen molar-refractivity contribution in [3.8, 4) is 0 Å². The predicted molar refractivity (Wildman–Crippen MR) is 137 cm³/mol. The summed E-state index contributed by atoms with van der Waals surface area (Å²) in [6, 6.07) is 19.0. The Bertz CT molecular complexity index is 1260. The monoisotopic (exact) mass is 501 g/mol. The quantitative estimate of drug-likeness (QED) is 0.281. The minimum absolute atomic E-state index is 0.111. The van der Waals surface area contributed by atoms with Gasteiger partial charge in [-0.15, -0.1) is 15.3 Å². The summed E-state index contributed by atoms with van der Waals surface area (Å²) in [5, 5.41) is 34.7. The molecule has 36 heavy (non-hydrogen) atoms. The smallest absolute Gasteiger partial charge is 0.229 e. The van der Waals surface area contributed by atoms with Crippen LogP contribution in [0.3, 0.4) is 0 Å². The highest BCUT2D eigenvalue weighted by atomic mass is 32.1. The van der Waals surface area contributed by atoms with Crippen LogP contribution in [0.4, 0.5) is 10.9 Å². The topological polar surface area (TPSA) is 126 Å². The van der Waals surface area contributed by atoms with Gasteiger partial charge in [0.05, 0.1) is 12.1 Å². The number of amides is 1. The highest BCUT2D eigenvalue weighted by Gasteiger charge is 2.33. The number of carbonyl (C=O) groups is 1. The van der Waals surface area contributed by atoms with E-state index in [9.17, 15) is 9.90 Å². The average Bonchev–Trinajstić information content (AvgIpc) is 3.31. The molecule has 0 saturated heterocycles. The van der Waals surface area contributed by atoms with Gasteiger partial charge in [-0.2, -0.15) is 5.10 Å². The lowest BCUT2D eigenvalue weighted by Gasteiger charge is -2.33. The Labute approximate surface area is 213 Å². The number of anilines is 2. The second kappa shape index (κ2) is 11.3. The van der Waals surface area contributed by atoms with E-state index in [0.717, 1.165) is 41.2 Å².